The monoisotopic (exact) mass is 171 g/mol. The first-order valence-electron chi connectivity index (χ1n) is 3.68. The normalized spacial score (nSPS) is 9.54. The average Bonchev–Trinajstić information content (AvgIpc) is 2.18. The number of nitrogens with zero attached hydrogens (tertiary/aromatic N) is 3. The molecule has 2 rings (SSSR count). The van der Waals surface area contributed by atoms with Crippen LogP contribution in [0.15, 0.2) is 35.7 Å². The second kappa shape index (κ2) is 3.13. The molecule has 0 radical (unpaired) electrons. The lowest BCUT2D eigenvalue weighted by molar-refractivity contribution is 0.565. The summed E-state index contributed by atoms with van der Waals surface area (Å²) in [5.41, 5.74) is 1.40. The van der Waals surface area contributed by atoms with Crippen molar-refractivity contribution in [2.75, 3.05) is 0 Å². The summed E-state index contributed by atoms with van der Waals surface area (Å²) in [6.45, 7) is 0. The summed E-state index contributed by atoms with van der Waals surface area (Å²) >= 11 is 0. The van der Waals surface area contributed by atoms with Gasteiger partial charge in [0, 0.05) is 11.6 Å². The van der Waals surface area contributed by atoms with Gasteiger partial charge < -0.3 is 0 Å². The number of hydrogen-bond acceptors (Lipinski definition) is 4. The number of isocyanates is 1. The summed E-state index contributed by atoms with van der Waals surface area (Å²) in [7, 11) is 0. The molecule has 0 fully saturated rings. The van der Waals surface area contributed by atoms with Gasteiger partial charge in [-0.2, -0.15) is 4.99 Å². The number of aliphatic imine (C=N–C) groups is 1. The second-order valence-corrected chi connectivity index (χ2v) is 2.47. The number of rotatable bonds is 1. The molecule has 0 bridgehead atoms. The van der Waals surface area contributed by atoms with Crippen LogP contribution in [0.2, 0.25) is 0 Å². The molecule has 1 aromatic carbocycles. The first-order chi connectivity index (χ1) is 6.40. The first kappa shape index (κ1) is 7.58. The molecule has 0 aliphatic heterocycles. The maximum Gasteiger partial charge on any atom is 0.240 e. The van der Waals surface area contributed by atoms with Gasteiger partial charge in [0.2, 0.25) is 6.08 Å². The molecule has 2 aromatic rings. The standard InChI is InChI=1S/C9H5N3O/c13-6-12-8-1-2-9-7(3-8)4-10-5-11-9/h1-5H. The Morgan fingerprint density at radius 3 is 3.15 bits per heavy atom. The van der Waals surface area contributed by atoms with Crippen LogP contribution in [0.1, 0.15) is 0 Å². The lowest BCUT2D eigenvalue weighted by atomic mass is 10.2. The molecule has 0 spiro atoms. The minimum absolute atomic E-state index is 0.567. The maximum atomic E-state index is 9.99. The summed E-state index contributed by atoms with van der Waals surface area (Å²) in [6, 6.07) is 5.23. The molecule has 13 heavy (non-hydrogen) atoms. The fraction of sp³-hybridized carbons (Fsp3) is 0. The van der Waals surface area contributed by atoms with Gasteiger partial charge in [-0.15, -0.1) is 0 Å². The minimum atomic E-state index is 0.567. The lowest BCUT2D eigenvalue weighted by Gasteiger charge is -1.94. The Labute approximate surface area is 74.0 Å². The van der Waals surface area contributed by atoms with Gasteiger partial charge in [-0.25, -0.2) is 14.8 Å². The van der Waals surface area contributed by atoms with E-state index in [-0.39, 0.29) is 0 Å². The third-order valence-corrected chi connectivity index (χ3v) is 1.66. The Morgan fingerprint density at radius 1 is 1.38 bits per heavy atom. The molecule has 0 saturated heterocycles. The Kier molecular flexibility index (Phi) is 1.82. The third-order valence-electron chi connectivity index (χ3n) is 1.66. The van der Waals surface area contributed by atoms with Crippen molar-refractivity contribution in [1.82, 2.24) is 9.97 Å². The van der Waals surface area contributed by atoms with Crippen LogP contribution in [-0.4, -0.2) is 16.0 Å². The van der Waals surface area contributed by atoms with Gasteiger partial charge in [-0.05, 0) is 18.2 Å². The molecule has 0 unspecified atom stereocenters. The highest BCUT2D eigenvalue weighted by Gasteiger charge is 1.94. The SMILES string of the molecule is O=C=Nc1ccc2ncncc2c1. The molecule has 0 amide bonds. The molecular weight excluding hydrogens is 166 g/mol. The predicted octanol–water partition coefficient (Wildman–Crippen LogP) is 1.60. The van der Waals surface area contributed by atoms with Crippen molar-refractivity contribution in [2.45, 2.75) is 0 Å². The zero-order valence-corrected chi connectivity index (χ0v) is 6.64. The Balaban J connectivity index is 2.68. The van der Waals surface area contributed by atoms with Crippen molar-refractivity contribution < 1.29 is 4.79 Å². The van der Waals surface area contributed by atoms with Crippen LogP contribution < -0.4 is 0 Å². The molecule has 0 saturated carbocycles. The van der Waals surface area contributed by atoms with E-state index >= 15 is 0 Å². The highest BCUT2D eigenvalue weighted by molar-refractivity contribution is 5.80. The second-order valence-electron chi connectivity index (χ2n) is 2.47. The van der Waals surface area contributed by atoms with Crippen LogP contribution in [0.4, 0.5) is 5.69 Å². The summed E-state index contributed by atoms with van der Waals surface area (Å²) in [4.78, 5) is 21.4. The van der Waals surface area contributed by atoms with Gasteiger partial charge in [-0.3, -0.25) is 0 Å². The highest BCUT2D eigenvalue weighted by atomic mass is 16.1. The van der Waals surface area contributed by atoms with E-state index in [1.54, 1.807) is 24.4 Å². The maximum absolute atomic E-state index is 9.99. The highest BCUT2D eigenvalue weighted by Crippen LogP contribution is 2.17. The molecule has 0 N–H and O–H groups in total. The Morgan fingerprint density at radius 2 is 2.31 bits per heavy atom. The van der Waals surface area contributed by atoms with Gasteiger partial charge in [-0.1, -0.05) is 0 Å². The lowest BCUT2D eigenvalue weighted by Crippen LogP contribution is -1.79. The van der Waals surface area contributed by atoms with Crippen LogP contribution in [0.3, 0.4) is 0 Å². The molecule has 0 atom stereocenters. The number of aromatic nitrogens is 2. The topological polar surface area (TPSA) is 55.2 Å². The van der Waals surface area contributed by atoms with Gasteiger partial charge in [0.05, 0.1) is 11.2 Å². The number of fused-ring (bicyclic) bond motifs is 1. The van der Waals surface area contributed by atoms with Crippen molar-refractivity contribution in [3.63, 3.8) is 0 Å². The van der Waals surface area contributed by atoms with E-state index in [0.717, 1.165) is 10.9 Å². The smallest absolute Gasteiger partial charge is 0.240 e. The minimum Gasteiger partial charge on any atom is -0.244 e. The predicted molar refractivity (Wildman–Crippen MR) is 47.3 cm³/mol. The summed E-state index contributed by atoms with van der Waals surface area (Å²) in [6.07, 6.45) is 4.63. The first-order valence-corrected chi connectivity index (χ1v) is 3.68. The molecule has 4 nitrogen and oxygen atoms in total. The molecule has 0 aliphatic carbocycles. The molecule has 4 heteroatoms. The van der Waals surface area contributed by atoms with Crippen molar-refractivity contribution in [2.24, 2.45) is 4.99 Å². The molecular formula is C9H5N3O. The van der Waals surface area contributed by atoms with E-state index in [2.05, 4.69) is 15.0 Å². The molecule has 0 aliphatic rings. The van der Waals surface area contributed by atoms with Crippen LogP contribution >= 0.6 is 0 Å². The number of benzene rings is 1. The van der Waals surface area contributed by atoms with Gasteiger partial charge in [0.15, 0.2) is 0 Å². The summed E-state index contributed by atoms with van der Waals surface area (Å²) < 4.78 is 0. The summed E-state index contributed by atoms with van der Waals surface area (Å²) in [5.74, 6) is 0. The van der Waals surface area contributed by atoms with Crippen LogP contribution in [-0.2, 0) is 4.79 Å². The van der Waals surface area contributed by atoms with Crippen molar-refractivity contribution >= 4 is 22.7 Å². The third kappa shape index (κ3) is 1.43. The number of hydrogen-bond donors (Lipinski definition) is 0. The van der Waals surface area contributed by atoms with E-state index in [9.17, 15) is 4.79 Å². The van der Waals surface area contributed by atoms with Crippen molar-refractivity contribution in [1.29, 1.82) is 0 Å². The zero-order valence-electron chi connectivity index (χ0n) is 6.64. The van der Waals surface area contributed by atoms with E-state index in [0.29, 0.717) is 5.69 Å². The average molecular weight is 171 g/mol. The number of carbonyl (C=O) groups excluding carboxylic acids is 1. The van der Waals surface area contributed by atoms with E-state index in [1.807, 2.05) is 0 Å². The fourth-order valence-electron chi connectivity index (χ4n) is 1.09. The van der Waals surface area contributed by atoms with Crippen LogP contribution in [0.5, 0.6) is 0 Å². The molecule has 62 valence electrons. The van der Waals surface area contributed by atoms with E-state index < -0.39 is 0 Å². The van der Waals surface area contributed by atoms with Gasteiger partial charge >= 0.3 is 0 Å². The van der Waals surface area contributed by atoms with Gasteiger partial charge in [0.1, 0.15) is 6.33 Å². The van der Waals surface area contributed by atoms with Crippen molar-refractivity contribution in [3.05, 3.63) is 30.7 Å². The van der Waals surface area contributed by atoms with Crippen LogP contribution in [0, 0.1) is 0 Å². The fourth-order valence-corrected chi connectivity index (χ4v) is 1.09. The molecule has 1 heterocycles. The quantitative estimate of drug-likeness (QED) is 0.483. The van der Waals surface area contributed by atoms with E-state index in [1.165, 1.54) is 12.4 Å². The van der Waals surface area contributed by atoms with Crippen LogP contribution in [0.25, 0.3) is 10.9 Å². The van der Waals surface area contributed by atoms with E-state index in [4.69, 9.17) is 0 Å². The Hall–Kier alpha value is -2.06. The largest absolute Gasteiger partial charge is 0.244 e. The Bertz CT molecular complexity index is 489. The van der Waals surface area contributed by atoms with Crippen molar-refractivity contribution in [3.8, 4) is 0 Å². The molecule has 1 aromatic heterocycles. The summed E-state index contributed by atoms with van der Waals surface area (Å²) in [5, 5.41) is 0.860. The zero-order chi connectivity index (χ0) is 9.10. The van der Waals surface area contributed by atoms with Gasteiger partial charge in [0.25, 0.3) is 0 Å².